The predicted octanol–water partition coefficient (Wildman–Crippen LogP) is 2.65. The van der Waals surface area contributed by atoms with E-state index in [0.29, 0.717) is 5.69 Å². The van der Waals surface area contributed by atoms with Gasteiger partial charge in [-0.05, 0) is 26.8 Å². The van der Waals surface area contributed by atoms with Crippen LogP contribution in [0, 0.1) is 6.92 Å². The molecule has 2 rings (SSSR count). The molecule has 88 valence electrons. The molecule has 0 atom stereocenters. The van der Waals surface area contributed by atoms with Crippen molar-refractivity contribution in [2.24, 2.45) is 0 Å². The highest BCUT2D eigenvalue weighted by Gasteiger charge is 2.16. The smallest absolute Gasteiger partial charge is 0.172 e. The van der Waals surface area contributed by atoms with Crippen LogP contribution in [0.15, 0.2) is 24.3 Å². The summed E-state index contributed by atoms with van der Waals surface area (Å²) in [7, 11) is 0. The van der Waals surface area contributed by atoms with Crippen LogP contribution in [0.3, 0.4) is 0 Å². The van der Waals surface area contributed by atoms with Crippen molar-refractivity contribution in [2.75, 3.05) is 0 Å². The first-order chi connectivity index (χ1) is 8.13. The van der Waals surface area contributed by atoms with E-state index >= 15 is 0 Å². The molecule has 0 saturated heterocycles. The van der Waals surface area contributed by atoms with Gasteiger partial charge in [0.05, 0.1) is 5.69 Å². The van der Waals surface area contributed by atoms with E-state index in [9.17, 15) is 4.79 Å². The number of aldehydes is 1. The van der Waals surface area contributed by atoms with Crippen LogP contribution in [0.1, 0.15) is 35.9 Å². The van der Waals surface area contributed by atoms with E-state index in [1.54, 1.807) is 4.68 Å². The molecule has 4 nitrogen and oxygen atoms in total. The third-order valence-corrected chi connectivity index (χ3v) is 2.61. The average Bonchev–Trinajstić information content (AvgIpc) is 2.72. The van der Waals surface area contributed by atoms with Crippen molar-refractivity contribution in [1.29, 1.82) is 0 Å². The largest absolute Gasteiger partial charge is 0.296 e. The highest BCUT2D eigenvalue weighted by atomic mass is 16.1. The normalized spacial score (nSPS) is 10.8. The summed E-state index contributed by atoms with van der Waals surface area (Å²) in [5, 5.41) is 7.93. The predicted molar refractivity (Wildman–Crippen MR) is 66.0 cm³/mol. The molecule has 0 aliphatic heterocycles. The van der Waals surface area contributed by atoms with Gasteiger partial charge in [0.25, 0.3) is 0 Å². The first-order valence-electron chi connectivity index (χ1n) is 5.61. The Balaban J connectivity index is 2.64. The fourth-order valence-corrected chi connectivity index (χ4v) is 1.82. The molecule has 0 amide bonds. The second-order valence-electron chi connectivity index (χ2n) is 4.35. The molecule has 0 unspecified atom stereocenters. The maximum Gasteiger partial charge on any atom is 0.172 e. The number of aromatic nitrogens is 3. The van der Waals surface area contributed by atoms with Gasteiger partial charge >= 0.3 is 0 Å². The van der Waals surface area contributed by atoms with Crippen molar-refractivity contribution in [2.45, 2.75) is 26.8 Å². The molecule has 17 heavy (non-hydrogen) atoms. The van der Waals surface area contributed by atoms with Gasteiger partial charge < -0.3 is 0 Å². The Hall–Kier alpha value is -1.97. The Labute approximate surface area is 100 Å². The van der Waals surface area contributed by atoms with E-state index in [0.717, 1.165) is 23.1 Å². The molecule has 0 N–H and O–H groups in total. The van der Waals surface area contributed by atoms with Gasteiger partial charge in [-0.15, -0.1) is 5.10 Å². The van der Waals surface area contributed by atoms with E-state index < -0.39 is 0 Å². The molecule has 0 aliphatic carbocycles. The summed E-state index contributed by atoms with van der Waals surface area (Å²) in [5.74, 6) is 0. The number of carbonyl (C=O) groups excluding carboxylic acids is 1. The van der Waals surface area contributed by atoms with Gasteiger partial charge in [0, 0.05) is 11.6 Å². The summed E-state index contributed by atoms with van der Waals surface area (Å²) in [5.41, 5.74) is 3.31. The van der Waals surface area contributed by atoms with Gasteiger partial charge in [0.2, 0.25) is 0 Å². The highest BCUT2D eigenvalue weighted by molar-refractivity contribution is 5.83. The number of aryl methyl sites for hydroxylation is 1. The van der Waals surface area contributed by atoms with Crippen LogP contribution in [0.25, 0.3) is 11.3 Å². The van der Waals surface area contributed by atoms with Crippen molar-refractivity contribution in [3.63, 3.8) is 0 Å². The zero-order chi connectivity index (χ0) is 12.4. The zero-order valence-corrected chi connectivity index (χ0v) is 10.2. The van der Waals surface area contributed by atoms with Gasteiger partial charge in [0.15, 0.2) is 12.0 Å². The minimum Gasteiger partial charge on any atom is -0.296 e. The standard InChI is InChI=1S/C13H15N3O/c1-9(2)16-13(12(8-17)14-15-16)11-6-4-5-10(3)7-11/h4-9H,1-3H3. The molecule has 4 heteroatoms. The first kappa shape index (κ1) is 11.5. The van der Waals surface area contributed by atoms with Crippen LogP contribution in [-0.2, 0) is 0 Å². The summed E-state index contributed by atoms with van der Waals surface area (Å²) >= 11 is 0. The molecule has 0 spiro atoms. The summed E-state index contributed by atoms with van der Waals surface area (Å²) in [4.78, 5) is 11.0. The van der Waals surface area contributed by atoms with Gasteiger partial charge in [-0.1, -0.05) is 29.0 Å². The van der Waals surface area contributed by atoms with E-state index in [-0.39, 0.29) is 6.04 Å². The lowest BCUT2D eigenvalue weighted by molar-refractivity contribution is 0.111. The number of hydrogen-bond acceptors (Lipinski definition) is 3. The molecule has 0 aliphatic rings. The number of rotatable bonds is 3. The molecule has 0 bridgehead atoms. The molecule has 0 radical (unpaired) electrons. The maximum atomic E-state index is 11.0. The van der Waals surface area contributed by atoms with Crippen LogP contribution in [-0.4, -0.2) is 21.3 Å². The van der Waals surface area contributed by atoms with Crippen molar-refractivity contribution in [1.82, 2.24) is 15.0 Å². The van der Waals surface area contributed by atoms with Crippen molar-refractivity contribution < 1.29 is 4.79 Å². The molecular formula is C13H15N3O. The average molecular weight is 229 g/mol. The van der Waals surface area contributed by atoms with E-state index in [1.807, 2.05) is 45.0 Å². The van der Waals surface area contributed by atoms with Crippen molar-refractivity contribution in [3.05, 3.63) is 35.5 Å². The van der Waals surface area contributed by atoms with E-state index in [2.05, 4.69) is 10.3 Å². The summed E-state index contributed by atoms with van der Waals surface area (Å²) in [6.45, 7) is 6.05. The number of hydrogen-bond donors (Lipinski definition) is 0. The number of nitrogens with zero attached hydrogens (tertiary/aromatic N) is 3. The van der Waals surface area contributed by atoms with Crippen molar-refractivity contribution >= 4 is 6.29 Å². The summed E-state index contributed by atoms with van der Waals surface area (Å²) < 4.78 is 1.78. The van der Waals surface area contributed by atoms with Gasteiger partial charge in [-0.2, -0.15) is 0 Å². The highest BCUT2D eigenvalue weighted by Crippen LogP contribution is 2.24. The lowest BCUT2D eigenvalue weighted by atomic mass is 10.1. The van der Waals surface area contributed by atoms with Crippen LogP contribution < -0.4 is 0 Å². The third kappa shape index (κ3) is 2.11. The molecule has 2 aromatic rings. The second kappa shape index (κ2) is 4.49. The van der Waals surface area contributed by atoms with Crippen LogP contribution in [0.5, 0.6) is 0 Å². The number of benzene rings is 1. The lowest BCUT2D eigenvalue weighted by Gasteiger charge is -2.10. The summed E-state index contributed by atoms with van der Waals surface area (Å²) in [6, 6.07) is 8.17. The Kier molecular flexibility index (Phi) is 3.04. The Morgan fingerprint density at radius 1 is 1.35 bits per heavy atom. The molecule has 0 saturated carbocycles. The minimum atomic E-state index is 0.173. The van der Waals surface area contributed by atoms with Gasteiger partial charge in [0.1, 0.15) is 0 Å². The van der Waals surface area contributed by atoms with Crippen LogP contribution >= 0.6 is 0 Å². The fourth-order valence-electron chi connectivity index (χ4n) is 1.82. The zero-order valence-electron chi connectivity index (χ0n) is 10.2. The monoisotopic (exact) mass is 229 g/mol. The Morgan fingerprint density at radius 2 is 2.12 bits per heavy atom. The molecule has 0 fully saturated rings. The van der Waals surface area contributed by atoms with E-state index in [4.69, 9.17) is 0 Å². The third-order valence-electron chi connectivity index (χ3n) is 2.61. The minimum absolute atomic E-state index is 0.173. The topological polar surface area (TPSA) is 47.8 Å². The van der Waals surface area contributed by atoms with Crippen LogP contribution in [0.4, 0.5) is 0 Å². The molecule has 1 heterocycles. The quantitative estimate of drug-likeness (QED) is 0.760. The lowest BCUT2D eigenvalue weighted by Crippen LogP contribution is -2.05. The van der Waals surface area contributed by atoms with Crippen molar-refractivity contribution in [3.8, 4) is 11.3 Å². The second-order valence-corrected chi connectivity index (χ2v) is 4.35. The van der Waals surface area contributed by atoms with Gasteiger partial charge in [-0.3, -0.25) is 4.79 Å². The summed E-state index contributed by atoms with van der Waals surface area (Å²) in [6.07, 6.45) is 0.754. The SMILES string of the molecule is Cc1cccc(-c2c(C=O)nnn2C(C)C)c1. The first-order valence-corrected chi connectivity index (χ1v) is 5.61. The maximum absolute atomic E-state index is 11.0. The molecule has 1 aromatic carbocycles. The van der Waals surface area contributed by atoms with Gasteiger partial charge in [-0.25, -0.2) is 4.68 Å². The van der Waals surface area contributed by atoms with Crippen LogP contribution in [0.2, 0.25) is 0 Å². The number of carbonyl (C=O) groups is 1. The fraction of sp³-hybridized carbons (Fsp3) is 0.308. The Bertz CT molecular complexity index is 543. The molecule has 1 aromatic heterocycles. The molecular weight excluding hydrogens is 214 g/mol. The van der Waals surface area contributed by atoms with E-state index in [1.165, 1.54) is 0 Å². The Morgan fingerprint density at radius 3 is 2.71 bits per heavy atom.